The lowest BCUT2D eigenvalue weighted by atomic mass is 10.0. The Balaban J connectivity index is 2.09. The maximum atomic E-state index is 10.0. The highest BCUT2D eigenvalue weighted by Crippen LogP contribution is 2.35. The van der Waals surface area contributed by atoms with Crippen LogP contribution in [0.4, 0.5) is 0 Å². The van der Waals surface area contributed by atoms with Gasteiger partial charge in [0.15, 0.2) is 0 Å². The quantitative estimate of drug-likeness (QED) is 0.865. The van der Waals surface area contributed by atoms with Gasteiger partial charge in [-0.15, -0.1) is 0 Å². The summed E-state index contributed by atoms with van der Waals surface area (Å²) in [5.41, 5.74) is 1.95. The molecular weight excluding hydrogens is 284 g/mol. The fraction of sp³-hybridized carbons (Fsp3) is 0.750. The van der Waals surface area contributed by atoms with Gasteiger partial charge in [-0.05, 0) is 41.1 Å². The summed E-state index contributed by atoms with van der Waals surface area (Å²) in [6, 6.07) is 0. The summed E-state index contributed by atoms with van der Waals surface area (Å²) in [5, 5.41) is 24.2. The summed E-state index contributed by atoms with van der Waals surface area (Å²) in [4.78, 5) is 0. The van der Waals surface area contributed by atoms with Gasteiger partial charge in [-0.3, -0.25) is 4.68 Å². The Morgan fingerprint density at radius 2 is 2.12 bits per heavy atom. The van der Waals surface area contributed by atoms with Crippen molar-refractivity contribution in [3.63, 3.8) is 0 Å². The van der Waals surface area contributed by atoms with Gasteiger partial charge in [0.05, 0.1) is 28.1 Å². The highest BCUT2D eigenvalue weighted by molar-refractivity contribution is 9.10. The van der Waals surface area contributed by atoms with E-state index < -0.39 is 12.2 Å². The number of nitrogens with zero attached hydrogens (tertiary/aromatic N) is 2. The molecular formula is C12H19BrN2O2. The molecule has 2 unspecified atom stereocenters. The summed E-state index contributed by atoms with van der Waals surface area (Å²) in [7, 11) is 1.87. The van der Waals surface area contributed by atoms with Crippen LogP contribution in [-0.2, 0) is 19.9 Å². The number of aromatic nitrogens is 2. The van der Waals surface area contributed by atoms with Gasteiger partial charge in [0, 0.05) is 13.5 Å². The predicted octanol–water partition coefficient (Wildman–Crippen LogP) is 1.42. The molecule has 0 aliphatic heterocycles. The van der Waals surface area contributed by atoms with E-state index in [2.05, 4.69) is 21.0 Å². The van der Waals surface area contributed by atoms with Gasteiger partial charge in [0.25, 0.3) is 0 Å². The molecule has 1 fully saturated rings. The minimum Gasteiger partial charge on any atom is -0.390 e. The lowest BCUT2D eigenvalue weighted by molar-refractivity contribution is 0.00569. The molecule has 1 aliphatic rings. The lowest BCUT2D eigenvalue weighted by Gasteiger charge is -2.17. The predicted molar refractivity (Wildman–Crippen MR) is 68.7 cm³/mol. The van der Waals surface area contributed by atoms with Crippen LogP contribution < -0.4 is 0 Å². The van der Waals surface area contributed by atoms with E-state index in [1.54, 1.807) is 4.68 Å². The smallest absolute Gasteiger partial charge is 0.0857 e. The summed E-state index contributed by atoms with van der Waals surface area (Å²) in [6.45, 7) is 2.05. The van der Waals surface area contributed by atoms with Crippen molar-refractivity contribution < 1.29 is 10.2 Å². The number of rotatable bonds is 5. The average molecular weight is 303 g/mol. The van der Waals surface area contributed by atoms with Crippen molar-refractivity contribution in [3.8, 4) is 0 Å². The monoisotopic (exact) mass is 302 g/mol. The average Bonchev–Trinajstić information content (AvgIpc) is 3.10. The van der Waals surface area contributed by atoms with E-state index in [1.807, 2.05) is 14.0 Å². The first kappa shape index (κ1) is 13.1. The third-order valence-corrected chi connectivity index (χ3v) is 4.32. The van der Waals surface area contributed by atoms with E-state index in [0.717, 1.165) is 35.1 Å². The summed E-state index contributed by atoms with van der Waals surface area (Å²) >= 11 is 3.52. The van der Waals surface area contributed by atoms with Crippen LogP contribution in [-0.4, -0.2) is 32.2 Å². The molecule has 0 bridgehead atoms. The fourth-order valence-electron chi connectivity index (χ4n) is 2.11. The van der Waals surface area contributed by atoms with E-state index in [0.29, 0.717) is 12.3 Å². The second-order valence-corrected chi connectivity index (χ2v) is 5.58. The molecule has 0 amide bonds. The van der Waals surface area contributed by atoms with E-state index >= 15 is 0 Å². The second-order valence-electron chi connectivity index (χ2n) is 4.78. The Morgan fingerprint density at radius 3 is 2.59 bits per heavy atom. The van der Waals surface area contributed by atoms with Gasteiger partial charge >= 0.3 is 0 Å². The minimum atomic E-state index is -0.695. The number of hydrogen-bond donors (Lipinski definition) is 2. The van der Waals surface area contributed by atoms with Crippen molar-refractivity contribution >= 4 is 15.9 Å². The third-order valence-electron chi connectivity index (χ3n) is 3.40. The Kier molecular flexibility index (Phi) is 3.90. The van der Waals surface area contributed by atoms with Crippen molar-refractivity contribution in [2.24, 2.45) is 13.0 Å². The zero-order valence-electron chi connectivity index (χ0n) is 10.2. The van der Waals surface area contributed by atoms with Crippen LogP contribution in [0.25, 0.3) is 0 Å². The lowest BCUT2D eigenvalue weighted by Crippen LogP contribution is -2.30. The van der Waals surface area contributed by atoms with Crippen molar-refractivity contribution in [1.29, 1.82) is 0 Å². The van der Waals surface area contributed by atoms with Crippen molar-refractivity contribution in [3.05, 3.63) is 15.9 Å². The molecule has 17 heavy (non-hydrogen) atoms. The van der Waals surface area contributed by atoms with E-state index in [9.17, 15) is 10.2 Å². The molecule has 1 aromatic heterocycles. The van der Waals surface area contributed by atoms with Gasteiger partial charge < -0.3 is 10.2 Å². The van der Waals surface area contributed by atoms with Gasteiger partial charge in [-0.1, -0.05) is 6.92 Å². The SMILES string of the molecule is CCc1nn(C)c(CC(O)C(O)C2CC2)c1Br. The zero-order chi connectivity index (χ0) is 12.6. The van der Waals surface area contributed by atoms with E-state index in [-0.39, 0.29) is 0 Å². The largest absolute Gasteiger partial charge is 0.390 e. The van der Waals surface area contributed by atoms with Crippen molar-refractivity contribution in [2.45, 2.75) is 44.8 Å². The van der Waals surface area contributed by atoms with Crippen LogP contribution in [0.5, 0.6) is 0 Å². The highest BCUT2D eigenvalue weighted by Gasteiger charge is 2.35. The van der Waals surface area contributed by atoms with E-state index in [1.165, 1.54) is 0 Å². The molecule has 5 heteroatoms. The molecule has 0 spiro atoms. The molecule has 1 heterocycles. The maximum absolute atomic E-state index is 10.0. The van der Waals surface area contributed by atoms with Crippen LogP contribution in [0.15, 0.2) is 4.47 Å². The molecule has 0 aromatic carbocycles. The Bertz CT molecular complexity index is 401. The fourth-order valence-corrected chi connectivity index (χ4v) is 2.89. The molecule has 1 saturated carbocycles. The first-order chi connectivity index (χ1) is 8.04. The Labute approximate surface area is 110 Å². The zero-order valence-corrected chi connectivity index (χ0v) is 11.8. The van der Waals surface area contributed by atoms with Gasteiger partial charge in [-0.2, -0.15) is 5.10 Å². The number of aryl methyl sites for hydroxylation is 2. The summed E-state index contributed by atoms with van der Waals surface area (Å²) in [5.74, 6) is 0.294. The number of hydrogen-bond acceptors (Lipinski definition) is 3. The van der Waals surface area contributed by atoms with Crippen LogP contribution >= 0.6 is 15.9 Å². The van der Waals surface area contributed by atoms with Gasteiger partial charge in [-0.25, -0.2) is 0 Å². The first-order valence-electron chi connectivity index (χ1n) is 6.11. The number of halogens is 1. The Hall–Kier alpha value is -0.390. The van der Waals surface area contributed by atoms with Gasteiger partial charge in [0.2, 0.25) is 0 Å². The minimum absolute atomic E-state index is 0.294. The molecule has 4 nitrogen and oxygen atoms in total. The molecule has 1 aliphatic carbocycles. The van der Waals surface area contributed by atoms with E-state index in [4.69, 9.17) is 0 Å². The second kappa shape index (κ2) is 5.08. The maximum Gasteiger partial charge on any atom is 0.0857 e. The first-order valence-corrected chi connectivity index (χ1v) is 6.90. The van der Waals surface area contributed by atoms with Crippen LogP contribution in [0.1, 0.15) is 31.2 Å². The third kappa shape index (κ3) is 2.72. The Morgan fingerprint density at radius 1 is 1.47 bits per heavy atom. The molecule has 96 valence electrons. The molecule has 2 N–H and O–H groups in total. The van der Waals surface area contributed by atoms with Crippen molar-refractivity contribution in [1.82, 2.24) is 9.78 Å². The number of aliphatic hydroxyl groups excluding tert-OH is 2. The topological polar surface area (TPSA) is 58.3 Å². The molecule has 0 radical (unpaired) electrons. The van der Waals surface area contributed by atoms with Gasteiger partial charge in [0.1, 0.15) is 0 Å². The summed E-state index contributed by atoms with van der Waals surface area (Å²) in [6.07, 6.45) is 2.08. The molecule has 0 saturated heterocycles. The van der Waals surface area contributed by atoms with Crippen LogP contribution in [0, 0.1) is 5.92 Å². The molecule has 2 atom stereocenters. The molecule has 2 rings (SSSR count). The van der Waals surface area contributed by atoms with Crippen LogP contribution in [0.3, 0.4) is 0 Å². The standard InChI is InChI=1S/C12H19BrN2O2/c1-3-8-11(13)9(15(2)14-8)6-10(16)12(17)7-4-5-7/h7,10,12,16-17H,3-6H2,1-2H3. The molecule has 1 aromatic rings. The number of aliphatic hydroxyl groups is 2. The summed E-state index contributed by atoms with van der Waals surface area (Å²) < 4.78 is 2.75. The van der Waals surface area contributed by atoms with Crippen LogP contribution in [0.2, 0.25) is 0 Å². The van der Waals surface area contributed by atoms with Crippen molar-refractivity contribution in [2.75, 3.05) is 0 Å². The highest BCUT2D eigenvalue weighted by atomic mass is 79.9. The normalized spacial score (nSPS) is 19.4.